The number of hydrogen-bond acceptors (Lipinski definition) is 4. The van der Waals surface area contributed by atoms with Crippen LogP contribution in [-0.2, 0) is 21.5 Å². The van der Waals surface area contributed by atoms with E-state index in [1.54, 1.807) is 35.1 Å². The molecule has 0 heterocycles. The van der Waals surface area contributed by atoms with Crippen molar-refractivity contribution in [2.45, 2.75) is 12.1 Å². The van der Waals surface area contributed by atoms with Gasteiger partial charge in [0.05, 0.1) is 5.69 Å². The van der Waals surface area contributed by atoms with Crippen molar-refractivity contribution >= 4 is 33.0 Å². The molecule has 0 bridgehead atoms. The molecule has 0 atom stereocenters. The molecule has 4 rings (SSSR count). The minimum Gasteiger partial charge on any atom is -0.390 e. The van der Waals surface area contributed by atoms with Gasteiger partial charge in [-0.2, -0.15) is 21.6 Å². The molecule has 0 aromatic heterocycles. The molecule has 190 valence electrons. The zero-order chi connectivity index (χ0) is 26.5. The lowest BCUT2D eigenvalue weighted by Gasteiger charge is -2.16. The molecular formula is C27H20ClF3N2O3S. The van der Waals surface area contributed by atoms with Gasteiger partial charge in [-0.15, -0.1) is 0 Å². The first kappa shape index (κ1) is 26.2. The first-order valence-electron chi connectivity index (χ1n) is 10.9. The maximum Gasteiger partial charge on any atom is 0.516 e. The summed E-state index contributed by atoms with van der Waals surface area (Å²) in [6.07, 6.45) is 0. The topological polar surface area (TPSA) is 67.8 Å². The summed E-state index contributed by atoms with van der Waals surface area (Å²) in [7, 11) is -5.68. The molecule has 0 amide bonds. The standard InChI is InChI=1S/C27H20ClF3N2O3S/c28-23-15-16-25(33-37(34,35)27(29,30)31)24(17-23)26(22-9-5-2-6-10-22)32-36-18-19-11-13-21(14-12-19)20-7-3-1-4-8-20/h1-17,33H,18H2. The quantitative estimate of drug-likeness (QED) is 0.188. The summed E-state index contributed by atoms with van der Waals surface area (Å²) in [6, 6.07) is 29.7. The molecule has 0 radical (unpaired) electrons. The van der Waals surface area contributed by atoms with Gasteiger partial charge in [0.25, 0.3) is 0 Å². The van der Waals surface area contributed by atoms with E-state index in [1.807, 2.05) is 54.6 Å². The second-order valence-electron chi connectivity index (χ2n) is 7.88. The van der Waals surface area contributed by atoms with Crippen molar-refractivity contribution in [2.24, 2.45) is 5.16 Å². The van der Waals surface area contributed by atoms with Crippen LogP contribution in [0.1, 0.15) is 16.7 Å². The van der Waals surface area contributed by atoms with Crippen LogP contribution in [0.2, 0.25) is 5.02 Å². The SMILES string of the molecule is O=S(=O)(Nc1ccc(Cl)cc1C(=NOCc1ccc(-c2ccccc2)cc1)c1ccccc1)C(F)(F)F. The van der Waals surface area contributed by atoms with Crippen LogP contribution in [0.3, 0.4) is 0 Å². The minimum absolute atomic E-state index is 0.0194. The summed E-state index contributed by atoms with van der Waals surface area (Å²) in [5.41, 5.74) is -2.35. The van der Waals surface area contributed by atoms with E-state index in [1.165, 1.54) is 12.1 Å². The molecule has 0 aliphatic carbocycles. The Hall–Kier alpha value is -3.82. The van der Waals surface area contributed by atoms with Crippen LogP contribution in [0.4, 0.5) is 18.9 Å². The molecule has 0 saturated carbocycles. The number of anilines is 1. The smallest absolute Gasteiger partial charge is 0.390 e. The fourth-order valence-electron chi connectivity index (χ4n) is 3.45. The minimum atomic E-state index is -5.68. The molecular weight excluding hydrogens is 525 g/mol. The third-order valence-corrected chi connectivity index (χ3v) is 6.61. The highest BCUT2D eigenvalue weighted by Gasteiger charge is 2.46. The Bertz CT molecular complexity index is 1490. The fourth-order valence-corrected chi connectivity index (χ4v) is 4.21. The number of benzene rings is 4. The molecule has 10 heteroatoms. The third kappa shape index (κ3) is 6.49. The zero-order valence-corrected chi connectivity index (χ0v) is 20.7. The first-order valence-corrected chi connectivity index (χ1v) is 12.8. The number of hydrogen-bond donors (Lipinski definition) is 1. The van der Waals surface area contributed by atoms with Crippen molar-refractivity contribution in [1.29, 1.82) is 0 Å². The number of halogens is 4. The van der Waals surface area contributed by atoms with Crippen LogP contribution in [-0.4, -0.2) is 19.6 Å². The normalized spacial score (nSPS) is 12.3. The Morgan fingerprint density at radius 1 is 0.838 bits per heavy atom. The molecule has 0 aliphatic heterocycles. The van der Waals surface area contributed by atoms with Crippen LogP contribution in [0.15, 0.2) is 108 Å². The van der Waals surface area contributed by atoms with Gasteiger partial charge in [0.15, 0.2) is 0 Å². The molecule has 0 fully saturated rings. The Morgan fingerprint density at radius 2 is 1.43 bits per heavy atom. The molecule has 0 aliphatic rings. The lowest BCUT2D eigenvalue weighted by molar-refractivity contribution is -0.0429. The monoisotopic (exact) mass is 544 g/mol. The summed E-state index contributed by atoms with van der Waals surface area (Å²) < 4.78 is 64.3. The van der Waals surface area contributed by atoms with Crippen LogP contribution >= 0.6 is 11.6 Å². The van der Waals surface area contributed by atoms with E-state index >= 15 is 0 Å². The number of nitrogens with zero attached hydrogens (tertiary/aromatic N) is 1. The van der Waals surface area contributed by atoms with Crippen molar-refractivity contribution in [3.63, 3.8) is 0 Å². The van der Waals surface area contributed by atoms with E-state index in [0.717, 1.165) is 22.8 Å². The van der Waals surface area contributed by atoms with E-state index in [-0.39, 0.29) is 28.6 Å². The van der Waals surface area contributed by atoms with Crippen LogP contribution < -0.4 is 4.72 Å². The second kappa shape index (κ2) is 11.1. The maximum absolute atomic E-state index is 13.0. The van der Waals surface area contributed by atoms with Crippen molar-refractivity contribution in [1.82, 2.24) is 0 Å². The molecule has 0 spiro atoms. The predicted octanol–water partition coefficient (Wildman–Crippen LogP) is 7.24. The summed E-state index contributed by atoms with van der Waals surface area (Å²) in [6.45, 7) is 0.0651. The van der Waals surface area contributed by atoms with Crippen molar-refractivity contribution in [2.75, 3.05) is 4.72 Å². The average Bonchev–Trinajstić information content (AvgIpc) is 2.88. The number of rotatable bonds is 8. The first-order chi connectivity index (χ1) is 17.6. The third-order valence-electron chi connectivity index (χ3n) is 5.28. The maximum atomic E-state index is 13.0. The lowest BCUT2D eigenvalue weighted by atomic mass is 10.0. The van der Waals surface area contributed by atoms with E-state index in [4.69, 9.17) is 16.4 Å². The van der Waals surface area contributed by atoms with E-state index < -0.39 is 15.5 Å². The number of sulfonamides is 1. The van der Waals surface area contributed by atoms with Gasteiger partial charge in [0.1, 0.15) is 12.3 Å². The van der Waals surface area contributed by atoms with Gasteiger partial charge in [-0.3, -0.25) is 4.72 Å². The van der Waals surface area contributed by atoms with E-state index in [2.05, 4.69) is 5.16 Å². The van der Waals surface area contributed by atoms with Crippen LogP contribution in [0.5, 0.6) is 0 Å². The van der Waals surface area contributed by atoms with Gasteiger partial charge in [0.2, 0.25) is 0 Å². The molecule has 1 N–H and O–H groups in total. The zero-order valence-electron chi connectivity index (χ0n) is 19.1. The van der Waals surface area contributed by atoms with E-state index in [0.29, 0.717) is 5.56 Å². The van der Waals surface area contributed by atoms with Gasteiger partial charge in [-0.1, -0.05) is 102 Å². The lowest BCUT2D eigenvalue weighted by Crippen LogP contribution is -2.30. The molecule has 0 saturated heterocycles. The highest BCUT2D eigenvalue weighted by atomic mass is 35.5. The number of alkyl halides is 3. The van der Waals surface area contributed by atoms with Crippen molar-refractivity contribution < 1.29 is 26.4 Å². The number of nitrogens with one attached hydrogen (secondary N) is 1. The second-order valence-corrected chi connectivity index (χ2v) is 9.99. The van der Waals surface area contributed by atoms with Gasteiger partial charge in [-0.25, -0.2) is 0 Å². The van der Waals surface area contributed by atoms with Crippen LogP contribution in [0.25, 0.3) is 11.1 Å². The van der Waals surface area contributed by atoms with Crippen molar-refractivity contribution in [3.8, 4) is 11.1 Å². The summed E-state index contributed by atoms with van der Waals surface area (Å²) in [5.74, 6) is 0. The Kier molecular flexibility index (Phi) is 7.85. The van der Waals surface area contributed by atoms with Crippen LogP contribution in [0, 0.1) is 0 Å². The molecule has 4 aromatic rings. The highest BCUT2D eigenvalue weighted by molar-refractivity contribution is 7.93. The molecule has 0 unspecified atom stereocenters. The summed E-state index contributed by atoms with van der Waals surface area (Å²) in [4.78, 5) is 5.57. The predicted molar refractivity (Wildman–Crippen MR) is 139 cm³/mol. The molecule has 37 heavy (non-hydrogen) atoms. The molecule has 4 aromatic carbocycles. The van der Waals surface area contributed by atoms with Gasteiger partial charge in [0, 0.05) is 16.1 Å². The van der Waals surface area contributed by atoms with Crippen molar-refractivity contribution in [3.05, 3.63) is 125 Å². The Balaban J connectivity index is 1.65. The average molecular weight is 545 g/mol. The Morgan fingerprint density at radius 3 is 2.05 bits per heavy atom. The molecule has 5 nitrogen and oxygen atoms in total. The van der Waals surface area contributed by atoms with Gasteiger partial charge < -0.3 is 4.84 Å². The van der Waals surface area contributed by atoms with Gasteiger partial charge in [-0.05, 0) is 34.9 Å². The van der Waals surface area contributed by atoms with Gasteiger partial charge >= 0.3 is 15.5 Å². The largest absolute Gasteiger partial charge is 0.516 e. The van der Waals surface area contributed by atoms with E-state index in [9.17, 15) is 21.6 Å². The summed E-state index contributed by atoms with van der Waals surface area (Å²) in [5, 5.41) is 4.35. The summed E-state index contributed by atoms with van der Waals surface area (Å²) >= 11 is 6.11. The Labute approximate surface area is 217 Å². The highest BCUT2D eigenvalue weighted by Crippen LogP contribution is 2.30. The fraction of sp³-hybridized carbons (Fsp3) is 0.0741. The number of oxime groups is 1.